The van der Waals surface area contributed by atoms with Crippen LogP contribution in [-0.4, -0.2) is 32.9 Å². The maximum absolute atomic E-state index is 4.65. The van der Waals surface area contributed by atoms with Gasteiger partial charge in [-0.3, -0.25) is 4.68 Å². The summed E-state index contributed by atoms with van der Waals surface area (Å²) in [6.07, 6.45) is 2.08. The van der Waals surface area contributed by atoms with Crippen molar-refractivity contribution in [2.75, 3.05) is 12.3 Å². The third kappa shape index (κ3) is 5.88. The minimum absolute atomic E-state index is 0.327. The Kier molecular flexibility index (Phi) is 7.10. The molecule has 0 amide bonds. The smallest absolute Gasteiger partial charge is 0.0624 e. The van der Waals surface area contributed by atoms with E-state index in [2.05, 4.69) is 62.7 Å². The van der Waals surface area contributed by atoms with Crippen LogP contribution < -0.4 is 5.32 Å². The maximum atomic E-state index is 4.65. The lowest BCUT2D eigenvalue weighted by Crippen LogP contribution is -2.35. The number of hydrogen-bond donors (Lipinski definition) is 1. The highest BCUT2D eigenvalue weighted by Crippen LogP contribution is 2.24. The van der Waals surface area contributed by atoms with Gasteiger partial charge < -0.3 is 5.32 Å². The van der Waals surface area contributed by atoms with Gasteiger partial charge in [-0.25, -0.2) is 0 Å². The summed E-state index contributed by atoms with van der Waals surface area (Å²) < 4.78 is 2.48. The summed E-state index contributed by atoms with van der Waals surface area (Å²) in [6.45, 7) is 15.4. The lowest BCUT2D eigenvalue weighted by atomic mass is 10.1. The Morgan fingerprint density at radius 2 is 2.00 bits per heavy atom. The fourth-order valence-corrected chi connectivity index (χ4v) is 3.14. The average Bonchev–Trinajstić information content (AvgIpc) is 2.77. The topological polar surface area (TPSA) is 29.9 Å². The molecule has 0 radical (unpaired) electrons. The van der Waals surface area contributed by atoms with Crippen molar-refractivity contribution < 1.29 is 0 Å². The van der Waals surface area contributed by atoms with Crippen LogP contribution >= 0.6 is 11.8 Å². The summed E-state index contributed by atoms with van der Waals surface area (Å²) in [7, 11) is 0. The zero-order valence-corrected chi connectivity index (χ0v) is 14.8. The molecule has 0 aromatic carbocycles. The van der Waals surface area contributed by atoms with Gasteiger partial charge in [-0.2, -0.15) is 16.9 Å². The molecule has 1 unspecified atom stereocenters. The highest BCUT2D eigenvalue weighted by molar-refractivity contribution is 8.00. The minimum atomic E-state index is 0.327. The molecule has 1 aromatic heterocycles. The van der Waals surface area contributed by atoms with Crippen LogP contribution in [0.5, 0.6) is 0 Å². The van der Waals surface area contributed by atoms with Crippen LogP contribution in [0.1, 0.15) is 52.9 Å². The van der Waals surface area contributed by atoms with Crippen molar-refractivity contribution in [1.82, 2.24) is 15.1 Å². The quantitative estimate of drug-likeness (QED) is 0.796. The van der Waals surface area contributed by atoms with E-state index in [0.29, 0.717) is 10.8 Å². The van der Waals surface area contributed by atoms with Crippen molar-refractivity contribution in [3.05, 3.63) is 17.5 Å². The van der Waals surface area contributed by atoms with Gasteiger partial charge in [0.1, 0.15) is 0 Å². The molecule has 0 saturated carbocycles. The number of nitrogens with one attached hydrogen (secondary N) is 1. The van der Waals surface area contributed by atoms with Gasteiger partial charge in [0, 0.05) is 35.2 Å². The SMILES string of the molecule is CCNC(CSC(C)(C)C)Cc1cc(CC)nn1CC. The summed E-state index contributed by atoms with van der Waals surface area (Å²) in [5, 5.41) is 8.27. The Labute approximate surface area is 128 Å². The maximum Gasteiger partial charge on any atom is 0.0624 e. The van der Waals surface area contributed by atoms with Crippen LogP contribution in [0.25, 0.3) is 0 Å². The standard InChI is InChI=1S/C16H31N3S/c1-7-13-10-15(19(9-3)18-13)11-14(17-8-2)12-20-16(4,5)6/h10,14,17H,7-9,11-12H2,1-6H3. The summed E-state index contributed by atoms with van der Waals surface area (Å²) in [4.78, 5) is 0. The molecular weight excluding hydrogens is 266 g/mol. The molecule has 0 aliphatic rings. The zero-order chi connectivity index (χ0) is 15.2. The van der Waals surface area contributed by atoms with Crippen LogP contribution in [0.3, 0.4) is 0 Å². The van der Waals surface area contributed by atoms with E-state index in [1.165, 1.54) is 11.4 Å². The van der Waals surface area contributed by atoms with E-state index in [9.17, 15) is 0 Å². The van der Waals surface area contributed by atoms with Crippen LogP contribution in [0.15, 0.2) is 6.07 Å². The molecule has 0 saturated heterocycles. The van der Waals surface area contributed by atoms with Crippen molar-refractivity contribution in [2.24, 2.45) is 0 Å². The highest BCUT2D eigenvalue weighted by Gasteiger charge is 2.17. The second kappa shape index (κ2) is 8.08. The van der Waals surface area contributed by atoms with E-state index in [4.69, 9.17) is 0 Å². The number of aryl methyl sites for hydroxylation is 2. The molecule has 116 valence electrons. The zero-order valence-electron chi connectivity index (χ0n) is 14.0. The Morgan fingerprint density at radius 3 is 2.50 bits per heavy atom. The predicted molar refractivity (Wildman–Crippen MR) is 90.7 cm³/mol. The van der Waals surface area contributed by atoms with Gasteiger partial charge in [0.05, 0.1) is 5.69 Å². The van der Waals surface area contributed by atoms with E-state index in [1.807, 2.05) is 11.8 Å². The normalized spacial score (nSPS) is 13.7. The first kappa shape index (κ1) is 17.6. The van der Waals surface area contributed by atoms with Crippen LogP contribution in [0.4, 0.5) is 0 Å². The number of thioether (sulfide) groups is 1. The molecule has 1 rings (SSSR count). The summed E-state index contributed by atoms with van der Waals surface area (Å²) in [6, 6.07) is 2.80. The average molecular weight is 298 g/mol. The highest BCUT2D eigenvalue weighted by atomic mass is 32.2. The van der Waals surface area contributed by atoms with Gasteiger partial charge in [0.15, 0.2) is 0 Å². The monoisotopic (exact) mass is 297 g/mol. The molecule has 0 aliphatic carbocycles. The van der Waals surface area contributed by atoms with Gasteiger partial charge in [-0.1, -0.05) is 34.6 Å². The largest absolute Gasteiger partial charge is 0.313 e. The van der Waals surface area contributed by atoms with E-state index in [-0.39, 0.29) is 0 Å². The molecule has 3 nitrogen and oxygen atoms in total. The minimum Gasteiger partial charge on any atom is -0.313 e. The molecule has 1 aromatic rings. The predicted octanol–water partition coefficient (Wildman–Crippen LogP) is 3.52. The Morgan fingerprint density at radius 1 is 1.30 bits per heavy atom. The summed E-state index contributed by atoms with van der Waals surface area (Å²) in [5.74, 6) is 1.15. The lowest BCUT2D eigenvalue weighted by molar-refractivity contribution is 0.531. The van der Waals surface area contributed by atoms with Crippen LogP contribution in [-0.2, 0) is 19.4 Å². The van der Waals surface area contributed by atoms with Gasteiger partial charge in [0.2, 0.25) is 0 Å². The van der Waals surface area contributed by atoms with E-state index in [0.717, 1.165) is 31.7 Å². The molecular formula is C16H31N3S. The first-order valence-electron chi connectivity index (χ1n) is 7.82. The third-order valence-corrected chi connectivity index (χ3v) is 4.68. The van der Waals surface area contributed by atoms with Gasteiger partial charge in [0.25, 0.3) is 0 Å². The second-order valence-corrected chi connectivity index (χ2v) is 8.03. The Hall–Kier alpha value is -0.480. The van der Waals surface area contributed by atoms with Crippen molar-refractivity contribution >= 4 is 11.8 Å². The van der Waals surface area contributed by atoms with Crippen molar-refractivity contribution in [1.29, 1.82) is 0 Å². The first-order valence-corrected chi connectivity index (χ1v) is 8.81. The second-order valence-electron chi connectivity index (χ2n) is 6.18. The van der Waals surface area contributed by atoms with E-state index < -0.39 is 0 Å². The molecule has 0 spiro atoms. The molecule has 0 bridgehead atoms. The number of aromatic nitrogens is 2. The number of nitrogens with zero attached hydrogens (tertiary/aromatic N) is 2. The Balaban J connectivity index is 2.71. The fourth-order valence-electron chi connectivity index (χ4n) is 2.21. The van der Waals surface area contributed by atoms with Crippen molar-refractivity contribution in [3.8, 4) is 0 Å². The third-order valence-electron chi connectivity index (χ3n) is 3.24. The first-order chi connectivity index (χ1) is 9.39. The number of rotatable bonds is 8. The molecule has 1 N–H and O–H groups in total. The summed E-state index contributed by atoms with van der Waals surface area (Å²) >= 11 is 2.03. The molecule has 1 atom stereocenters. The number of likely N-dealkylation sites (N-methyl/N-ethyl adjacent to an activating group) is 1. The molecule has 4 heteroatoms. The molecule has 0 aliphatic heterocycles. The van der Waals surface area contributed by atoms with Crippen LogP contribution in [0, 0.1) is 0 Å². The molecule has 0 fully saturated rings. The van der Waals surface area contributed by atoms with Crippen LogP contribution in [0.2, 0.25) is 0 Å². The van der Waals surface area contributed by atoms with Crippen molar-refractivity contribution in [3.63, 3.8) is 0 Å². The summed E-state index contributed by atoms with van der Waals surface area (Å²) in [5.41, 5.74) is 2.57. The van der Waals surface area contributed by atoms with E-state index >= 15 is 0 Å². The van der Waals surface area contributed by atoms with Crippen molar-refractivity contribution in [2.45, 2.75) is 71.7 Å². The van der Waals surface area contributed by atoms with Gasteiger partial charge in [-0.05, 0) is 26.0 Å². The van der Waals surface area contributed by atoms with E-state index in [1.54, 1.807) is 0 Å². The fraction of sp³-hybridized carbons (Fsp3) is 0.812. The lowest BCUT2D eigenvalue weighted by Gasteiger charge is -2.23. The Bertz CT molecular complexity index is 393. The molecule has 20 heavy (non-hydrogen) atoms. The van der Waals surface area contributed by atoms with Gasteiger partial charge >= 0.3 is 0 Å². The molecule has 1 heterocycles. The van der Waals surface area contributed by atoms with Gasteiger partial charge in [-0.15, -0.1) is 0 Å². The number of hydrogen-bond acceptors (Lipinski definition) is 3.